The maximum Gasteiger partial charge on any atom is 0.412 e. The number of rotatable bonds is 1. The highest BCUT2D eigenvalue weighted by Gasteiger charge is 2.17. The fraction of sp³-hybridized carbons (Fsp3) is 0.364. The zero-order valence-corrected chi connectivity index (χ0v) is 10.7. The van der Waals surface area contributed by atoms with Crippen LogP contribution in [0.1, 0.15) is 20.8 Å². The number of anilines is 1. The molecular weight excluding hydrogens is 238 g/mol. The predicted molar refractivity (Wildman–Crippen MR) is 67.3 cm³/mol. The number of ether oxygens (including phenoxy) is 1. The molecule has 2 rings (SSSR count). The number of hydrogen-bond donors (Lipinski definition) is 1. The van der Waals surface area contributed by atoms with Crippen molar-refractivity contribution in [2.75, 3.05) is 5.32 Å². The lowest BCUT2D eigenvalue weighted by Crippen LogP contribution is -2.26. The minimum atomic E-state index is -0.503. The van der Waals surface area contributed by atoms with Gasteiger partial charge in [0.25, 0.3) is 0 Å². The molecule has 1 amide bonds. The predicted octanol–water partition coefficient (Wildman–Crippen LogP) is 3.04. The molecule has 1 N–H and O–H groups in total. The minimum Gasteiger partial charge on any atom is -0.444 e. The number of hydrogen-bond acceptors (Lipinski definition) is 5. The Balaban J connectivity index is 2.11. The highest BCUT2D eigenvalue weighted by molar-refractivity contribution is 7.22. The lowest BCUT2D eigenvalue weighted by Gasteiger charge is -2.19. The first kappa shape index (κ1) is 11.8. The van der Waals surface area contributed by atoms with Gasteiger partial charge in [0, 0.05) is 18.5 Å². The average Bonchev–Trinajstić information content (AvgIpc) is 2.55. The highest BCUT2D eigenvalue weighted by Crippen LogP contribution is 2.26. The SMILES string of the molecule is CC(C)(C)OC(=O)Nc1cc2nccnc2s1. The Kier molecular flexibility index (Phi) is 2.97. The molecule has 0 atom stereocenters. The molecule has 0 aromatic carbocycles. The number of aromatic nitrogens is 2. The third-order valence-electron chi connectivity index (χ3n) is 1.79. The summed E-state index contributed by atoms with van der Waals surface area (Å²) < 4.78 is 5.15. The molecule has 6 heteroatoms. The summed E-state index contributed by atoms with van der Waals surface area (Å²) in [6.45, 7) is 5.46. The fourth-order valence-electron chi connectivity index (χ4n) is 1.24. The quantitative estimate of drug-likeness (QED) is 0.846. The van der Waals surface area contributed by atoms with E-state index < -0.39 is 11.7 Å². The fourth-order valence-corrected chi connectivity index (χ4v) is 2.08. The third-order valence-corrected chi connectivity index (χ3v) is 2.74. The molecule has 2 aromatic rings. The molecule has 0 radical (unpaired) electrons. The summed E-state index contributed by atoms with van der Waals surface area (Å²) in [6, 6.07) is 1.77. The van der Waals surface area contributed by atoms with Gasteiger partial charge in [0.2, 0.25) is 0 Å². The average molecular weight is 251 g/mol. The van der Waals surface area contributed by atoms with Gasteiger partial charge in [-0.05, 0) is 20.8 Å². The van der Waals surface area contributed by atoms with E-state index in [0.29, 0.717) is 5.00 Å². The van der Waals surface area contributed by atoms with E-state index in [4.69, 9.17) is 4.74 Å². The van der Waals surface area contributed by atoms with Crippen LogP contribution in [0.2, 0.25) is 0 Å². The lowest BCUT2D eigenvalue weighted by atomic mass is 10.2. The monoisotopic (exact) mass is 251 g/mol. The molecule has 0 aliphatic rings. The molecule has 0 saturated carbocycles. The molecule has 2 heterocycles. The van der Waals surface area contributed by atoms with Crippen LogP contribution in [0.3, 0.4) is 0 Å². The van der Waals surface area contributed by atoms with Crippen LogP contribution in [0.25, 0.3) is 10.3 Å². The van der Waals surface area contributed by atoms with Gasteiger partial charge in [0.15, 0.2) is 0 Å². The van der Waals surface area contributed by atoms with Gasteiger partial charge in [0.1, 0.15) is 20.9 Å². The molecule has 0 spiro atoms. The van der Waals surface area contributed by atoms with E-state index in [-0.39, 0.29) is 0 Å². The zero-order valence-electron chi connectivity index (χ0n) is 9.85. The van der Waals surface area contributed by atoms with Crippen molar-refractivity contribution in [1.29, 1.82) is 0 Å². The summed E-state index contributed by atoms with van der Waals surface area (Å²) in [7, 11) is 0. The summed E-state index contributed by atoms with van der Waals surface area (Å²) in [5.74, 6) is 0. The zero-order chi connectivity index (χ0) is 12.5. The molecule has 0 bridgehead atoms. The van der Waals surface area contributed by atoms with Crippen LogP contribution in [-0.4, -0.2) is 21.7 Å². The Bertz CT molecular complexity index is 512. The molecule has 0 aliphatic carbocycles. The molecule has 0 saturated heterocycles. The van der Waals surface area contributed by atoms with E-state index in [0.717, 1.165) is 10.3 Å². The van der Waals surface area contributed by atoms with E-state index in [1.165, 1.54) is 11.3 Å². The normalized spacial score (nSPS) is 11.5. The second-order valence-corrected chi connectivity index (χ2v) is 5.51. The van der Waals surface area contributed by atoms with Gasteiger partial charge < -0.3 is 4.74 Å². The number of amides is 1. The van der Waals surface area contributed by atoms with Crippen LogP contribution in [0.4, 0.5) is 9.80 Å². The van der Waals surface area contributed by atoms with Gasteiger partial charge in [-0.3, -0.25) is 10.3 Å². The van der Waals surface area contributed by atoms with Crippen molar-refractivity contribution in [1.82, 2.24) is 9.97 Å². The maximum atomic E-state index is 11.5. The number of carbonyl (C=O) groups excluding carboxylic acids is 1. The van der Waals surface area contributed by atoms with E-state index >= 15 is 0 Å². The lowest BCUT2D eigenvalue weighted by molar-refractivity contribution is 0.0636. The van der Waals surface area contributed by atoms with Crippen LogP contribution in [0.5, 0.6) is 0 Å². The van der Waals surface area contributed by atoms with Crippen LogP contribution >= 0.6 is 11.3 Å². The van der Waals surface area contributed by atoms with E-state index in [1.807, 2.05) is 20.8 Å². The largest absolute Gasteiger partial charge is 0.444 e. The molecule has 5 nitrogen and oxygen atoms in total. The second-order valence-electron chi connectivity index (χ2n) is 4.48. The van der Waals surface area contributed by atoms with Gasteiger partial charge >= 0.3 is 6.09 Å². The summed E-state index contributed by atoms with van der Waals surface area (Å²) in [5, 5.41) is 3.35. The Morgan fingerprint density at radius 3 is 2.71 bits per heavy atom. The van der Waals surface area contributed by atoms with Crippen LogP contribution in [0.15, 0.2) is 18.5 Å². The molecule has 0 unspecified atom stereocenters. The standard InChI is InChI=1S/C11H13N3O2S/c1-11(2,3)16-10(15)14-8-6-7-9(17-8)13-5-4-12-7/h4-6H,1-3H3,(H,14,15). The first-order valence-corrected chi connectivity index (χ1v) is 5.96. The van der Waals surface area contributed by atoms with E-state index in [1.54, 1.807) is 18.5 Å². The number of nitrogens with one attached hydrogen (secondary N) is 1. The van der Waals surface area contributed by atoms with Crippen molar-refractivity contribution in [3.63, 3.8) is 0 Å². The Morgan fingerprint density at radius 2 is 2.06 bits per heavy atom. The smallest absolute Gasteiger partial charge is 0.412 e. The summed E-state index contributed by atoms with van der Waals surface area (Å²) >= 11 is 1.37. The van der Waals surface area contributed by atoms with Crippen molar-refractivity contribution < 1.29 is 9.53 Å². The van der Waals surface area contributed by atoms with Crippen molar-refractivity contribution in [2.45, 2.75) is 26.4 Å². The Hall–Kier alpha value is -1.69. The summed E-state index contributed by atoms with van der Waals surface area (Å²) in [5.41, 5.74) is 0.264. The van der Waals surface area contributed by atoms with Crippen LogP contribution < -0.4 is 5.32 Å². The van der Waals surface area contributed by atoms with Crippen molar-refractivity contribution in [2.24, 2.45) is 0 Å². The molecule has 90 valence electrons. The summed E-state index contributed by atoms with van der Waals surface area (Å²) in [4.78, 5) is 20.6. The third kappa shape index (κ3) is 3.13. The Labute approximate surface area is 103 Å². The number of thiophene rings is 1. The Morgan fingerprint density at radius 1 is 1.35 bits per heavy atom. The topological polar surface area (TPSA) is 64.1 Å². The van der Waals surface area contributed by atoms with Crippen molar-refractivity contribution in [3.05, 3.63) is 18.5 Å². The van der Waals surface area contributed by atoms with Gasteiger partial charge in [0.05, 0.1) is 0 Å². The number of fused-ring (bicyclic) bond motifs is 1. The van der Waals surface area contributed by atoms with Gasteiger partial charge in [-0.2, -0.15) is 0 Å². The number of carbonyl (C=O) groups is 1. The molecule has 17 heavy (non-hydrogen) atoms. The van der Waals surface area contributed by atoms with Crippen LogP contribution in [-0.2, 0) is 4.74 Å². The van der Waals surface area contributed by atoms with Crippen LogP contribution in [0, 0.1) is 0 Å². The van der Waals surface area contributed by atoms with Crippen molar-refractivity contribution in [3.8, 4) is 0 Å². The highest BCUT2D eigenvalue weighted by atomic mass is 32.1. The summed E-state index contributed by atoms with van der Waals surface area (Å²) in [6.07, 6.45) is 2.77. The second kappa shape index (κ2) is 4.29. The minimum absolute atomic E-state index is 0.468. The van der Waals surface area contributed by atoms with E-state index in [9.17, 15) is 4.79 Å². The van der Waals surface area contributed by atoms with Gasteiger partial charge in [-0.15, -0.1) is 0 Å². The molecule has 0 aliphatic heterocycles. The molecule has 0 fully saturated rings. The first-order valence-electron chi connectivity index (χ1n) is 5.14. The van der Waals surface area contributed by atoms with Gasteiger partial charge in [-0.25, -0.2) is 9.78 Å². The molecule has 2 aromatic heterocycles. The van der Waals surface area contributed by atoms with Gasteiger partial charge in [-0.1, -0.05) is 11.3 Å². The maximum absolute atomic E-state index is 11.5. The molecular formula is C11H13N3O2S. The van der Waals surface area contributed by atoms with E-state index in [2.05, 4.69) is 15.3 Å². The number of nitrogens with zero attached hydrogens (tertiary/aromatic N) is 2. The first-order chi connectivity index (χ1) is 7.94. The van der Waals surface area contributed by atoms with Crippen molar-refractivity contribution >= 4 is 32.8 Å².